The van der Waals surface area contributed by atoms with E-state index in [0.29, 0.717) is 18.2 Å². The van der Waals surface area contributed by atoms with Crippen LogP contribution in [-0.2, 0) is 12.8 Å². The Hall–Kier alpha value is -1.61. The van der Waals surface area contributed by atoms with Gasteiger partial charge >= 0.3 is 0 Å². The summed E-state index contributed by atoms with van der Waals surface area (Å²) in [5.41, 5.74) is 2.18. The first-order valence-electron chi connectivity index (χ1n) is 6.39. The van der Waals surface area contributed by atoms with Crippen molar-refractivity contribution in [3.8, 4) is 5.75 Å². The minimum Gasteiger partial charge on any atom is -0.493 e. The van der Waals surface area contributed by atoms with Crippen molar-refractivity contribution in [2.24, 2.45) is 0 Å². The second-order valence-electron chi connectivity index (χ2n) is 4.34. The van der Waals surface area contributed by atoms with Gasteiger partial charge in [-0.2, -0.15) is 0 Å². The third-order valence-corrected chi connectivity index (χ3v) is 2.99. The molecule has 0 amide bonds. The van der Waals surface area contributed by atoms with Crippen molar-refractivity contribution in [2.75, 3.05) is 6.61 Å². The number of aryl methyl sites for hydroxylation is 2. The molecule has 0 spiro atoms. The number of hydrogen-bond donors (Lipinski definition) is 0. The minimum absolute atomic E-state index is 0.481. The van der Waals surface area contributed by atoms with Crippen molar-refractivity contribution in [2.45, 2.75) is 26.7 Å². The Labute approximate surface area is 118 Å². The van der Waals surface area contributed by atoms with Crippen LogP contribution in [0, 0.1) is 6.92 Å². The molecule has 0 saturated heterocycles. The summed E-state index contributed by atoms with van der Waals surface area (Å²) in [6.07, 6.45) is 1.69. The molecule has 0 unspecified atom stereocenters. The molecular formula is C15H17ClN2O. The minimum atomic E-state index is 0.481. The number of benzene rings is 1. The fourth-order valence-corrected chi connectivity index (χ4v) is 2.04. The van der Waals surface area contributed by atoms with Gasteiger partial charge in [-0.15, -0.1) is 0 Å². The van der Waals surface area contributed by atoms with Crippen LogP contribution in [0.25, 0.3) is 0 Å². The van der Waals surface area contributed by atoms with Crippen molar-refractivity contribution in [3.63, 3.8) is 0 Å². The highest BCUT2D eigenvalue weighted by atomic mass is 35.5. The van der Waals surface area contributed by atoms with Crippen molar-refractivity contribution in [1.82, 2.24) is 9.97 Å². The third-order valence-electron chi connectivity index (χ3n) is 2.80. The fraction of sp³-hybridized carbons (Fsp3) is 0.333. The predicted octanol–water partition coefficient (Wildman–Crippen LogP) is 3.62. The Morgan fingerprint density at radius 3 is 2.53 bits per heavy atom. The Morgan fingerprint density at radius 2 is 1.89 bits per heavy atom. The molecule has 2 aromatic rings. The fourth-order valence-electron chi connectivity index (χ4n) is 1.78. The Bertz CT molecular complexity index is 520. The first-order chi connectivity index (χ1) is 9.17. The van der Waals surface area contributed by atoms with E-state index >= 15 is 0 Å². The van der Waals surface area contributed by atoms with E-state index < -0.39 is 0 Å². The SMILES string of the molecule is CCc1ccc(OCCc2nc(C)cc(Cl)n2)cc1. The first-order valence-corrected chi connectivity index (χ1v) is 6.77. The molecule has 0 aliphatic heterocycles. The number of nitrogens with zero attached hydrogens (tertiary/aromatic N) is 2. The summed E-state index contributed by atoms with van der Waals surface area (Å²) >= 11 is 5.89. The molecule has 1 aromatic heterocycles. The maximum atomic E-state index is 5.89. The average molecular weight is 277 g/mol. The van der Waals surface area contributed by atoms with Crippen LogP contribution in [0.5, 0.6) is 5.75 Å². The van der Waals surface area contributed by atoms with Gasteiger partial charge in [-0.3, -0.25) is 0 Å². The van der Waals surface area contributed by atoms with Crippen LogP contribution in [0.15, 0.2) is 30.3 Å². The molecule has 0 bridgehead atoms. The Kier molecular flexibility index (Phi) is 4.74. The van der Waals surface area contributed by atoms with Crippen LogP contribution < -0.4 is 4.74 Å². The van der Waals surface area contributed by atoms with Crippen molar-refractivity contribution < 1.29 is 4.74 Å². The van der Waals surface area contributed by atoms with Gasteiger partial charge in [0.05, 0.1) is 6.61 Å². The largest absolute Gasteiger partial charge is 0.493 e. The van der Waals surface area contributed by atoms with Gasteiger partial charge in [0, 0.05) is 12.1 Å². The third kappa shape index (κ3) is 4.21. The van der Waals surface area contributed by atoms with E-state index in [0.717, 1.165) is 23.7 Å². The monoisotopic (exact) mass is 276 g/mol. The van der Waals surface area contributed by atoms with Crippen LogP contribution in [0.3, 0.4) is 0 Å². The molecule has 1 heterocycles. The molecule has 0 atom stereocenters. The van der Waals surface area contributed by atoms with Gasteiger partial charge < -0.3 is 4.74 Å². The zero-order valence-corrected chi connectivity index (χ0v) is 11.9. The molecule has 4 heteroatoms. The molecule has 0 aliphatic rings. The molecule has 100 valence electrons. The van der Waals surface area contributed by atoms with E-state index in [4.69, 9.17) is 16.3 Å². The number of aromatic nitrogens is 2. The second-order valence-corrected chi connectivity index (χ2v) is 4.73. The van der Waals surface area contributed by atoms with E-state index in [9.17, 15) is 0 Å². The highest BCUT2D eigenvalue weighted by molar-refractivity contribution is 6.29. The summed E-state index contributed by atoms with van der Waals surface area (Å²) in [5.74, 6) is 1.59. The summed E-state index contributed by atoms with van der Waals surface area (Å²) in [4.78, 5) is 8.48. The van der Waals surface area contributed by atoms with E-state index in [-0.39, 0.29) is 0 Å². The van der Waals surface area contributed by atoms with E-state index in [2.05, 4.69) is 29.0 Å². The lowest BCUT2D eigenvalue weighted by molar-refractivity contribution is 0.318. The zero-order valence-electron chi connectivity index (χ0n) is 11.2. The summed E-state index contributed by atoms with van der Waals surface area (Å²) in [5, 5.41) is 0.481. The molecule has 0 aliphatic carbocycles. The smallest absolute Gasteiger partial charge is 0.133 e. The zero-order chi connectivity index (χ0) is 13.7. The van der Waals surface area contributed by atoms with Gasteiger partial charge in [0.2, 0.25) is 0 Å². The topological polar surface area (TPSA) is 35.0 Å². The van der Waals surface area contributed by atoms with Crippen molar-refractivity contribution in [3.05, 3.63) is 52.6 Å². The normalized spacial score (nSPS) is 10.5. The maximum absolute atomic E-state index is 5.89. The lowest BCUT2D eigenvalue weighted by Crippen LogP contribution is -2.06. The van der Waals surface area contributed by atoms with Crippen LogP contribution >= 0.6 is 11.6 Å². The average Bonchev–Trinajstić information content (AvgIpc) is 2.38. The lowest BCUT2D eigenvalue weighted by atomic mass is 10.2. The predicted molar refractivity (Wildman–Crippen MR) is 76.8 cm³/mol. The Morgan fingerprint density at radius 1 is 1.16 bits per heavy atom. The standard InChI is InChI=1S/C15H17ClN2O/c1-3-12-4-6-13(7-5-12)19-9-8-15-17-11(2)10-14(16)18-15/h4-7,10H,3,8-9H2,1-2H3. The van der Waals surface area contributed by atoms with E-state index in [1.807, 2.05) is 19.1 Å². The molecular weight excluding hydrogens is 260 g/mol. The van der Waals surface area contributed by atoms with Crippen molar-refractivity contribution in [1.29, 1.82) is 0 Å². The molecule has 0 radical (unpaired) electrons. The van der Waals surface area contributed by atoms with E-state index in [1.165, 1.54) is 5.56 Å². The van der Waals surface area contributed by atoms with Crippen molar-refractivity contribution >= 4 is 11.6 Å². The summed E-state index contributed by atoms with van der Waals surface area (Å²) in [7, 11) is 0. The molecule has 0 N–H and O–H groups in total. The number of rotatable bonds is 5. The van der Waals surface area contributed by atoms with E-state index in [1.54, 1.807) is 6.07 Å². The molecule has 0 saturated carbocycles. The molecule has 2 rings (SSSR count). The molecule has 3 nitrogen and oxygen atoms in total. The van der Waals surface area contributed by atoms with Gasteiger partial charge in [-0.1, -0.05) is 30.7 Å². The summed E-state index contributed by atoms with van der Waals surface area (Å²) in [6.45, 7) is 4.58. The number of hydrogen-bond acceptors (Lipinski definition) is 3. The number of halogens is 1. The highest BCUT2D eigenvalue weighted by Crippen LogP contribution is 2.13. The molecule has 19 heavy (non-hydrogen) atoms. The molecule has 1 aromatic carbocycles. The Balaban J connectivity index is 1.88. The first kappa shape index (κ1) is 13.8. The second kappa shape index (κ2) is 6.53. The van der Waals surface area contributed by atoms with Gasteiger partial charge in [-0.05, 0) is 37.1 Å². The highest BCUT2D eigenvalue weighted by Gasteiger charge is 2.01. The quantitative estimate of drug-likeness (QED) is 0.783. The molecule has 0 fully saturated rings. The van der Waals surface area contributed by atoms with Crippen LogP contribution in [-0.4, -0.2) is 16.6 Å². The van der Waals surface area contributed by atoms with Gasteiger partial charge in [0.25, 0.3) is 0 Å². The maximum Gasteiger partial charge on any atom is 0.133 e. The van der Waals surface area contributed by atoms with Gasteiger partial charge in [0.1, 0.15) is 16.7 Å². The number of ether oxygens (including phenoxy) is 1. The van der Waals surface area contributed by atoms with Gasteiger partial charge in [-0.25, -0.2) is 9.97 Å². The van der Waals surface area contributed by atoms with Crippen LogP contribution in [0.4, 0.5) is 0 Å². The summed E-state index contributed by atoms with van der Waals surface area (Å²) < 4.78 is 5.67. The summed E-state index contributed by atoms with van der Waals surface area (Å²) in [6, 6.07) is 9.88. The lowest BCUT2D eigenvalue weighted by Gasteiger charge is -2.07. The van der Waals surface area contributed by atoms with Crippen LogP contribution in [0.1, 0.15) is 24.0 Å². The van der Waals surface area contributed by atoms with Crippen LogP contribution in [0.2, 0.25) is 5.15 Å². The van der Waals surface area contributed by atoms with Gasteiger partial charge in [0.15, 0.2) is 0 Å².